The van der Waals surface area contributed by atoms with Gasteiger partial charge >= 0.3 is 0 Å². The van der Waals surface area contributed by atoms with Gasteiger partial charge in [-0.3, -0.25) is 4.79 Å². The van der Waals surface area contributed by atoms with Crippen LogP contribution in [0.1, 0.15) is 10.4 Å². The van der Waals surface area contributed by atoms with Crippen molar-refractivity contribution in [1.29, 1.82) is 0 Å². The minimum Gasteiger partial charge on any atom is -0.337 e. The molecule has 0 bridgehead atoms. The standard InChI is InChI=1S/C13H14N2O3S/c16-13(14-5-7-19(17,18)8-6-14)11-9-12-3-1-2-4-15(12)10-11/h1-4,9-10H,5-8H2. The first-order chi connectivity index (χ1) is 9.05. The molecule has 0 N–H and O–H groups in total. The number of nitrogens with zero attached hydrogens (tertiary/aromatic N) is 2. The van der Waals surface area contributed by atoms with Crippen LogP contribution in [0.3, 0.4) is 0 Å². The number of amides is 1. The molecule has 0 radical (unpaired) electrons. The summed E-state index contributed by atoms with van der Waals surface area (Å²) in [7, 11) is -2.96. The second kappa shape index (κ2) is 4.38. The van der Waals surface area contributed by atoms with Crippen molar-refractivity contribution in [2.24, 2.45) is 0 Å². The van der Waals surface area contributed by atoms with E-state index in [1.807, 2.05) is 34.9 Å². The van der Waals surface area contributed by atoms with Gasteiger partial charge in [-0.2, -0.15) is 0 Å². The van der Waals surface area contributed by atoms with E-state index in [1.165, 1.54) is 0 Å². The maximum atomic E-state index is 12.3. The predicted molar refractivity (Wildman–Crippen MR) is 72.0 cm³/mol. The molecule has 1 fully saturated rings. The number of rotatable bonds is 1. The van der Waals surface area contributed by atoms with Gasteiger partial charge in [-0.1, -0.05) is 6.07 Å². The van der Waals surface area contributed by atoms with E-state index >= 15 is 0 Å². The topological polar surface area (TPSA) is 58.9 Å². The summed E-state index contributed by atoms with van der Waals surface area (Å²) in [5, 5.41) is 0. The molecule has 6 heteroatoms. The first kappa shape index (κ1) is 12.2. The van der Waals surface area contributed by atoms with Crippen molar-refractivity contribution in [3.8, 4) is 0 Å². The number of carbonyl (C=O) groups is 1. The molecule has 5 nitrogen and oxygen atoms in total. The number of pyridine rings is 1. The maximum Gasteiger partial charge on any atom is 0.255 e. The molecule has 1 amide bonds. The molecule has 0 atom stereocenters. The fourth-order valence-corrected chi connectivity index (χ4v) is 3.47. The smallest absolute Gasteiger partial charge is 0.255 e. The van der Waals surface area contributed by atoms with Crippen LogP contribution in [0.15, 0.2) is 36.7 Å². The first-order valence-electron chi connectivity index (χ1n) is 6.12. The summed E-state index contributed by atoms with van der Waals surface area (Å²) in [4.78, 5) is 13.9. The summed E-state index contributed by atoms with van der Waals surface area (Å²) in [5.41, 5.74) is 1.56. The highest BCUT2D eigenvalue weighted by atomic mass is 32.2. The number of aromatic nitrogens is 1. The zero-order valence-corrected chi connectivity index (χ0v) is 11.1. The molecule has 19 heavy (non-hydrogen) atoms. The van der Waals surface area contributed by atoms with Gasteiger partial charge in [0, 0.05) is 31.0 Å². The van der Waals surface area contributed by atoms with Crippen LogP contribution in [0.5, 0.6) is 0 Å². The molecule has 1 aliphatic heterocycles. The Morgan fingerprint density at radius 2 is 1.89 bits per heavy atom. The van der Waals surface area contributed by atoms with Crippen molar-refractivity contribution in [1.82, 2.24) is 9.30 Å². The van der Waals surface area contributed by atoms with E-state index < -0.39 is 9.84 Å². The van der Waals surface area contributed by atoms with Gasteiger partial charge in [0.15, 0.2) is 9.84 Å². The SMILES string of the molecule is O=C(c1cc2ccccn2c1)N1CCS(=O)(=O)CC1. The Kier molecular flexibility index (Phi) is 2.82. The van der Waals surface area contributed by atoms with Crippen molar-refractivity contribution >= 4 is 21.3 Å². The largest absolute Gasteiger partial charge is 0.337 e. The molecule has 3 rings (SSSR count). The Hall–Kier alpha value is -1.82. The van der Waals surface area contributed by atoms with Crippen LogP contribution in [-0.4, -0.2) is 48.2 Å². The highest BCUT2D eigenvalue weighted by molar-refractivity contribution is 7.91. The molecular weight excluding hydrogens is 264 g/mol. The lowest BCUT2D eigenvalue weighted by molar-refractivity contribution is 0.0770. The Morgan fingerprint density at radius 1 is 1.16 bits per heavy atom. The van der Waals surface area contributed by atoms with Gasteiger partial charge in [0.05, 0.1) is 17.1 Å². The van der Waals surface area contributed by atoms with Crippen LogP contribution in [-0.2, 0) is 9.84 Å². The highest BCUT2D eigenvalue weighted by Crippen LogP contribution is 2.14. The lowest BCUT2D eigenvalue weighted by Crippen LogP contribution is -2.43. The Balaban J connectivity index is 1.84. The van der Waals surface area contributed by atoms with Gasteiger partial charge in [-0.15, -0.1) is 0 Å². The second-order valence-corrected chi connectivity index (χ2v) is 7.01. The summed E-state index contributed by atoms with van der Waals surface area (Å²) < 4.78 is 24.6. The third-order valence-electron chi connectivity index (χ3n) is 3.38. The maximum absolute atomic E-state index is 12.3. The van der Waals surface area contributed by atoms with Crippen molar-refractivity contribution in [3.05, 3.63) is 42.2 Å². The third-order valence-corrected chi connectivity index (χ3v) is 4.99. The van der Waals surface area contributed by atoms with E-state index in [9.17, 15) is 13.2 Å². The zero-order chi connectivity index (χ0) is 13.5. The normalized spacial score (nSPS) is 18.6. The Bertz CT molecular complexity index is 686. The van der Waals surface area contributed by atoms with Crippen LogP contribution in [0.2, 0.25) is 0 Å². The monoisotopic (exact) mass is 278 g/mol. The zero-order valence-electron chi connectivity index (χ0n) is 10.3. The van der Waals surface area contributed by atoms with Crippen LogP contribution >= 0.6 is 0 Å². The fourth-order valence-electron chi connectivity index (χ4n) is 2.27. The Morgan fingerprint density at radius 3 is 2.58 bits per heavy atom. The van der Waals surface area contributed by atoms with Crippen LogP contribution < -0.4 is 0 Å². The average molecular weight is 278 g/mol. The molecule has 1 aliphatic rings. The van der Waals surface area contributed by atoms with Crippen molar-refractivity contribution in [3.63, 3.8) is 0 Å². The van der Waals surface area contributed by atoms with Gasteiger partial charge in [-0.05, 0) is 18.2 Å². The minimum absolute atomic E-state index is 0.0616. The van der Waals surface area contributed by atoms with Gasteiger partial charge in [0.2, 0.25) is 0 Å². The summed E-state index contributed by atoms with van der Waals surface area (Å²) >= 11 is 0. The predicted octanol–water partition coefficient (Wildman–Crippen LogP) is 0.810. The first-order valence-corrected chi connectivity index (χ1v) is 7.94. The number of hydrogen-bond acceptors (Lipinski definition) is 3. The van der Waals surface area contributed by atoms with E-state index in [2.05, 4.69) is 0 Å². The molecule has 3 heterocycles. The molecular formula is C13H14N2O3S. The second-order valence-electron chi connectivity index (χ2n) is 4.71. The van der Waals surface area contributed by atoms with Crippen molar-refractivity contribution < 1.29 is 13.2 Å². The van der Waals surface area contributed by atoms with Gasteiger partial charge in [0.25, 0.3) is 5.91 Å². The summed E-state index contributed by atoms with van der Waals surface area (Å²) in [6.07, 6.45) is 3.66. The highest BCUT2D eigenvalue weighted by Gasteiger charge is 2.26. The molecule has 0 aliphatic carbocycles. The third kappa shape index (κ3) is 2.35. The molecule has 2 aromatic heterocycles. The lowest BCUT2D eigenvalue weighted by Gasteiger charge is -2.26. The number of fused-ring (bicyclic) bond motifs is 1. The van der Waals surface area contributed by atoms with Crippen LogP contribution in [0, 0.1) is 0 Å². The van der Waals surface area contributed by atoms with E-state index in [1.54, 1.807) is 11.1 Å². The van der Waals surface area contributed by atoms with Crippen LogP contribution in [0.4, 0.5) is 0 Å². The minimum atomic E-state index is -2.96. The molecule has 0 spiro atoms. The fraction of sp³-hybridized carbons (Fsp3) is 0.308. The van der Waals surface area contributed by atoms with Gasteiger partial charge in [-0.25, -0.2) is 8.42 Å². The van der Waals surface area contributed by atoms with Crippen molar-refractivity contribution in [2.45, 2.75) is 0 Å². The van der Waals surface area contributed by atoms with E-state index in [-0.39, 0.29) is 30.5 Å². The number of carbonyl (C=O) groups excluding carboxylic acids is 1. The molecule has 0 aromatic carbocycles. The van der Waals surface area contributed by atoms with Crippen LogP contribution in [0.25, 0.3) is 5.52 Å². The summed E-state index contributed by atoms with van der Waals surface area (Å²) in [6.45, 7) is 0.570. The molecule has 0 unspecified atom stereocenters. The average Bonchev–Trinajstić information content (AvgIpc) is 2.81. The molecule has 100 valence electrons. The van der Waals surface area contributed by atoms with E-state index in [0.29, 0.717) is 5.56 Å². The lowest BCUT2D eigenvalue weighted by atomic mass is 10.2. The van der Waals surface area contributed by atoms with Crippen molar-refractivity contribution in [2.75, 3.05) is 24.6 Å². The van der Waals surface area contributed by atoms with E-state index in [0.717, 1.165) is 5.52 Å². The Labute approximate surface area is 111 Å². The summed E-state index contributed by atoms with van der Waals surface area (Å²) in [6, 6.07) is 7.56. The van der Waals surface area contributed by atoms with Gasteiger partial charge < -0.3 is 9.30 Å². The molecule has 0 saturated carbocycles. The number of hydrogen-bond donors (Lipinski definition) is 0. The molecule has 2 aromatic rings. The van der Waals surface area contributed by atoms with Gasteiger partial charge in [0.1, 0.15) is 0 Å². The summed E-state index contributed by atoms with van der Waals surface area (Å²) in [5.74, 6) is 0.0247. The number of sulfone groups is 1. The quantitative estimate of drug-likeness (QED) is 0.775. The van der Waals surface area contributed by atoms with E-state index in [4.69, 9.17) is 0 Å². The molecule has 1 saturated heterocycles.